The van der Waals surface area contributed by atoms with Gasteiger partial charge < -0.3 is 9.84 Å². The van der Waals surface area contributed by atoms with Crippen molar-refractivity contribution in [1.29, 1.82) is 0 Å². The second-order valence-corrected chi connectivity index (χ2v) is 7.34. The summed E-state index contributed by atoms with van der Waals surface area (Å²) in [5.41, 5.74) is 3.51. The molecule has 1 aliphatic heterocycles. The molecule has 0 amide bonds. The van der Waals surface area contributed by atoms with E-state index in [1.54, 1.807) is 7.11 Å². The van der Waals surface area contributed by atoms with Crippen molar-refractivity contribution in [2.75, 3.05) is 39.9 Å². The summed E-state index contributed by atoms with van der Waals surface area (Å²) in [6.07, 6.45) is 0.789. The maximum atomic E-state index is 9.54. The summed E-state index contributed by atoms with van der Waals surface area (Å²) in [4.78, 5) is 4.88. The molecular formula is C24H30N2O2. The zero-order valence-corrected chi connectivity index (χ0v) is 16.9. The summed E-state index contributed by atoms with van der Waals surface area (Å²) in [6, 6.07) is 16.8. The first kappa shape index (κ1) is 20.4. The minimum atomic E-state index is 0.215. The maximum Gasteiger partial charge on any atom is 0.121 e. The molecule has 1 aliphatic rings. The number of nitrogens with zero attached hydrogens (tertiary/aromatic N) is 2. The van der Waals surface area contributed by atoms with Gasteiger partial charge in [0.15, 0.2) is 0 Å². The number of rotatable bonds is 6. The van der Waals surface area contributed by atoms with Crippen molar-refractivity contribution >= 4 is 0 Å². The van der Waals surface area contributed by atoms with E-state index in [0.29, 0.717) is 6.04 Å². The highest BCUT2D eigenvalue weighted by Crippen LogP contribution is 2.22. The minimum Gasteiger partial charge on any atom is -0.496 e. The second-order valence-electron chi connectivity index (χ2n) is 7.34. The van der Waals surface area contributed by atoms with Crippen LogP contribution in [-0.2, 0) is 6.54 Å². The number of aliphatic hydroxyl groups excluding tert-OH is 1. The second kappa shape index (κ2) is 10.3. The van der Waals surface area contributed by atoms with Crippen LogP contribution >= 0.6 is 0 Å². The molecule has 0 aliphatic carbocycles. The molecule has 1 atom stereocenters. The van der Waals surface area contributed by atoms with E-state index in [9.17, 15) is 5.11 Å². The fourth-order valence-electron chi connectivity index (χ4n) is 3.78. The molecule has 28 heavy (non-hydrogen) atoms. The molecule has 2 aromatic carbocycles. The standard InChI is InChI=1S/C24H30N2O2/c1-20-17-22(10-11-24(20)28-2)18-26-15-14-25(19-23(26)12-16-27)13-6-9-21-7-4-3-5-8-21/h3-5,7-8,10-11,17,23,27H,12-16,18-19H2,1-2H3. The summed E-state index contributed by atoms with van der Waals surface area (Å²) >= 11 is 0. The molecule has 0 radical (unpaired) electrons. The van der Waals surface area contributed by atoms with Crippen LogP contribution in [0.3, 0.4) is 0 Å². The predicted octanol–water partition coefficient (Wildman–Crippen LogP) is 2.92. The number of hydrogen-bond acceptors (Lipinski definition) is 4. The summed E-state index contributed by atoms with van der Waals surface area (Å²) in [6.45, 7) is 6.90. The highest BCUT2D eigenvalue weighted by molar-refractivity contribution is 5.36. The number of aliphatic hydroxyl groups is 1. The molecule has 0 spiro atoms. The molecule has 0 bridgehead atoms. The van der Waals surface area contributed by atoms with Crippen LogP contribution < -0.4 is 4.74 Å². The molecule has 2 aromatic rings. The lowest BCUT2D eigenvalue weighted by atomic mass is 10.1. The van der Waals surface area contributed by atoms with Crippen molar-refractivity contribution in [2.24, 2.45) is 0 Å². The minimum absolute atomic E-state index is 0.215. The van der Waals surface area contributed by atoms with Gasteiger partial charge in [-0.3, -0.25) is 9.80 Å². The molecule has 0 saturated carbocycles. The van der Waals surface area contributed by atoms with Crippen LogP contribution in [0.5, 0.6) is 5.75 Å². The molecule has 3 rings (SSSR count). The Morgan fingerprint density at radius 3 is 2.68 bits per heavy atom. The lowest BCUT2D eigenvalue weighted by Gasteiger charge is -2.41. The maximum absolute atomic E-state index is 9.54. The highest BCUT2D eigenvalue weighted by Gasteiger charge is 2.26. The van der Waals surface area contributed by atoms with Crippen molar-refractivity contribution < 1.29 is 9.84 Å². The molecular weight excluding hydrogens is 348 g/mol. The molecule has 1 fully saturated rings. The van der Waals surface area contributed by atoms with Gasteiger partial charge in [0.25, 0.3) is 0 Å². The van der Waals surface area contributed by atoms with Crippen molar-refractivity contribution in [3.05, 3.63) is 65.2 Å². The Hall–Kier alpha value is -2.32. The highest BCUT2D eigenvalue weighted by atomic mass is 16.5. The molecule has 1 saturated heterocycles. The number of ether oxygens (including phenoxy) is 1. The number of benzene rings is 2. The number of aryl methyl sites for hydroxylation is 1. The normalized spacial score (nSPS) is 17.8. The fourth-order valence-corrected chi connectivity index (χ4v) is 3.78. The third-order valence-corrected chi connectivity index (χ3v) is 5.31. The fraction of sp³-hybridized carbons (Fsp3) is 0.417. The number of hydrogen-bond donors (Lipinski definition) is 1. The Morgan fingerprint density at radius 2 is 1.96 bits per heavy atom. The molecule has 0 aromatic heterocycles. The average molecular weight is 379 g/mol. The molecule has 1 unspecified atom stereocenters. The Kier molecular flexibility index (Phi) is 7.50. The molecule has 1 N–H and O–H groups in total. The van der Waals surface area contributed by atoms with E-state index in [2.05, 4.69) is 40.7 Å². The monoisotopic (exact) mass is 378 g/mol. The van der Waals surface area contributed by atoms with Crippen molar-refractivity contribution in [3.8, 4) is 17.6 Å². The van der Waals surface area contributed by atoms with E-state index in [1.165, 1.54) is 5.56 Å². The first-order chi connectivity index (χ1) is 13.7. The van der Waals surface area contributed by atoms with Gasteiger partial charge in [0.05, 0.1) is 13.7 Å². The van der Waals surface area contributed by atoms with Gasteiger partial charge in [0.2, 0.25) is 0 Å². The quantitative estimate of drug-likeness (QED) is 0.784. The largest absolute Gasteiger partial charge is 0.496 e. The van der Waals surface area contributed by atoms with Gasteiger partial charge in [-0.05, 0) is 42.7 Å². The zero-order chi connectivity index (χ0) is 19.8. The first-order valence-electron chi connectivity index (χ1n) is 9.94. The number of methoxy groups -OCH3 is 1. The summed E-state index contributed by atoms with van der Waals surface area (Å²) in [7, 11) is 1.71. The van der Waals surface area contributed by atoms with E-state index < -0.39 is 0 Å². The SMILES string of the molecule is COc1ccc(CN2CCN(CC#Cc3ccccc3)CC2CCO)cc1C. The molecule has 4 heteroatoms. The third kappa shape index (κ3) is 5.59. The zero-order valence-electron chi connectivity index (χ0n) is 16.9. The van der Waals surface area contributed by atoms with Gasteiger partial charge in [-0.1, -0.05) is 42.2 Å². The van der Waals surface area contributed by atoms with Crippen LogP contribution in [0.4, 0.5) is 0 Å². The van der Waals surface area contributed by atoms with Crippen LogP contribution in [0.2, 0.25) is 0 Å². The van der Waals surface area contributed by atoms with Crippen LogP contribution in [0.25, 0.3) is 0 Å². The van der Waals surface area contributed by atoms with Gasteiger partial charge in [0, 0.05) is 44.4 Å². The van der Waals surface area contributed by atoms with E-state index >= 15 is 0 Å². The third-order valence-electron chi connectivity index (χ3n) is 5.31. The lowest BCUT2D eigenvalue weighted by Crippen LogP contribution is -2.52. The van der Waals surface area contributed by atoms with Gasteiger partial charge in [-0.25, -0.2) is 0 Å². The van der Waals surface area contributed by atoms with Gasteiger partial charge in [0.1, 0.15) is 5.75 Å². The Bertz CT molecular complexity index is 810. The lowest BCUT2D eigenvalue weighted by molar-refractivity contribution is 0.0605. The Morgan fingerprint density at radius 1 is 1.14 bits per heavy atom. The van der Waals surface area contributed by atoms with Crippen molar-refractivity contribution in [2.45, 2.75) is 25.9 Å². The Balaban J connectivity index is 1.59. The van der Waals surface area contributed by atoms with Crippen LogP contribution in [0.15, 0.2) is 48.5 Å². The summed E-state index contributed by atoms with van der Waals surface area (Å²) < 4.78 is 5.37. The molecule has 1 heterocycles. The van der Waals surface area contributed by atoms with Gasteiger partial charge >= 0.3 is 0 Å². The molecule has 4 nitrogen and oxygen atoms in total. The summed E-state index contributed by atoms with van der Waals surface area (Å²) in [5, 5.41) is 9.54. The first-order valence-corrected chi connectivity index (χ1v) is 9.94. The smallest absolute Gasteiger partial charge is 0.121 e. The van der Waals surface area contributed by atoms with E-state index in [1.807, 2.05) is 36.4 Å². The van der Waals surface area contributed by atoms with Gasteiger partial charge in [-0.15, -0.1) is 0 Å². The van der Waals surface area contributed by atoms with Gasteiger partial charge in [-0.2, -0.15) is 0 Å². The Labute approximate surface area is 168 Å². The van der Waals surface area contributed by atoms with E-state index in [0.717, 1.165) is 56.0 Å². The average Bonchev–Trinajstić information content (AvgIpc) is 2.71. The van der Waals surface area contributed by atoms with Crippen molar-refractivity contribution in [1.82, 2.24) is 9.80 Å². The van der Waals surface area contributed by atoms with E-state index in [-0.39, 0.29) is 6.61 Å². The summed E-state index contributed by atoms with van der Waals surface area (Å²) in [5.74, 6) is 7.47. The topological polar surface area (TPSA) is 35.9 Å². The number of piperazine rings is 1. The predicted molar refractivity (Wildman–Crippen MR) is 113 cm³/mol. The van der Waals surface area contributed by atoms with Crippen LogP contribution in [0.1, 0.15) is 23.1 Å². The molecule has 148 valence electrons. The van der Waals surface area contributed by atoms with Crippen LogP contribution in [-0.4, -0.2) is 60.8 Å². The van der Waals surface area contributed by atoms with Crippen molar-refractivity contribution in [3.63, 3.8) is 0 Å². The van der Waals surface area contributed by atoms with Crippen LogP contribution in [0, 0.1) is 18.8 Å². The van der Waals surface area contributed by atoms with E-state index in [4.69, 9.17) is 4.74 Å².